The number of carboxylic acid groups (broad SMARTS) is 1. The van der Waals surface area contributed by atoms with Crippen molar-refractivity contribution in [3.8, 4) is 29.6 Å². The van der Waals surface area contributed by atoms with E-state index in [4.69, 9.17) is 32.6 Å². The second kappa shape index (κ2) is 9.14. The number of ether oxygens (including phenoxy) is 2. The molecule has 0 saturated heterocycles. The van der Waals surface area contributed by atoms with Crippen LogP contribution in [0.1, 0.15) is 30.5 Å². The lowest BCUT2D eigenvalue weighted by molar-refractivity contribution is -0.187. The van der Waals surface area contributed by atoms with Crippen molar-refractivity contribution in [3.05, 3.63) is 57.6 Å². The van der Waals surface area contributed by atoms with Crippen molar-refractivity contribution < 1.29 is 32.5 Å². The SMILES string of the molecule is C#Cc1ccc(Oc2cc3c(cc2Cl)C=C(C(=O)O)C(C(F)(F)F)O3)c(C)c1.CC. The maximum atomic E-state index is 13.2. The molecule has 1 N–H and O–H groups in total. The van der Waals surface area contributed by atoms with Gasteiger partial charge in [-0.3, -0.25) is 0 Å². The van der Waals surface area contributed by atoms with E-state index >= 15 is 0 Å². The Balaban J connectivity index is 0.00000155. The molecule has 2 aromatic carbocycles. The number of rotatable bonds is 3. The molecule has 4 nitrogen and oxygen atoms in total. The second-order valence-electron chi connectivity index (χ2n) is 5.99. The first-order chi connectivity index (χ1) is 14.1. The van der Waals surface area contributed by atoms with Gasteiger partial charge in [-0.25, -0.2) is 4.79 Å². The zero-order valence-corrected chi connectivity index (χ0v) is 17.1. The number of hydrogen-bond acceptors (Lipinski definition) is 3. The number of alkyl halides is 3. The summed E-state index contributed by atoms with van der Waals surface area (Å²) < 4.78 is 50.2. The average molecular weight is 439 g/mol. The Morgan fingerprint density at radius 3 is 2.43 bits per heavy atom. The molecule has 2 aromatic rings. The van der Waals surface area contributed by atoms with Crippen LogP contribution in [-0.2, 0) is 4.79 Å². The first-order valence-electron chi connectivity index (χ1n) is 8.87. The van der Waals surface area contributed by atoms with Crippen molar-refractivity contribution >= 4 is 23.6 Å². The lowest BCUT2D eigenvalue weighted by Crippen LogP contribution is -2.40. The fraction of sp³-hybridized carbons (Fsp3) is 0.227. The molecule has 0 radical (unpaired) electrons. The van der Waals surface area contributed by atoms with Gasteiger partial charge < -0.3 is 14.6 Å². The summed E-state index contributed by atoms with van der Waals surface area (Å²) in [6.45, 7) is 5.75. The van der Waals surface area contributed by atoms with E-state index in [9.17, 15) is 18.0 Å². The third kappa shape index (κ3) is 4.89. The van der Waals surface area contributed by atoms with Crippen LogP contribution >= 0.6 is 11.6 Å². The summed E-state index contributed by atoms with van der Waals surface area (Å²) >= 11 is 6.16. The van der Waals surface area contributed by atoms with Crippen LogP contribution < -0.4 is 9.47 Å². The molecule has 1 heterocycles. The Morgan fingerprint density at radius 2 is 1.90 bits per heavy atom. The molecular formula is C22H18ClF3O4. The highest BCUT2D eigenvalue weighted by Gasteiger charge is 2.48. The largest absolute Gasteiger partial charge is 0.478 e. The molecule has 1 aliphatic heterocycles. The lowest BCUT2D eigenvalue weighted by atomic mass is 10.0. The molecule has 8 heteroatoms. The number of halogens is 4. The molecule has 1 aliphatic rings. The number of carboxylic acids is 1. The zero-order valence-electron chi connectivity index (χ0n) is 16.3. The first-order valence-corrected chi connectivity index (χ1v) is 9.25. The molecule has 0 amide bonds. The Bertz CT molecular complexity index is 1040. The van der Waals surface area contributed by atoms with Crippen molar-refractivity contribution in [3.63, 3.8) is 0 Å². The van der Waals surface area contributed by atoms with Crippen molar-refractivity contribution in [1.29, 1.82) is 0 Å². The van der Waals surface area contributed by atoms with Gasteiger partial charge in [0.2, 0.25) is 6.10 Å². The van der Waals surface area contributed by atoms with E-state index < -0.39 is 23.8 Å². The van der Waals surface area contributed by atoms with E-state index in [0.717, 1.165) is 6.08 Å². The van der Waals surface area contributed by atoms with Gasteiger partial charge in [-0.2, -0.15) is 13.2 Å². The van der Waals surface area contributed by atoms with Gasteiger partial charge in [-0.05, 0) is 42.8 Å². The van der Waals surface area contributed by atoms with Crippen molar-refractivity contribution in [1.82, 2.24) is 0 Å². The van der Waals surface area contributed by atoms with Crippen LogP contribution in [0.15, 0.2) is 35.9 Å². The monoisotopic (exact) mass is 438 g/mol. The second-order valence-corrected chi connectivity index (χ2v) is 6.40. The highest BCUT2D eigenvalue weighted by molar-refractivity contribution is 6.32. The zero-order chi connectivity index (χ0) is 22.6. The maximum Gasteiger partial charge on any atom is 0.430 e. The number of aryl methyl sites for hydroxylation is 1. The van der Waals surface area contributed by atoms with E-state index in [-0.39, 0.29) is 22.1 Å². The Morgan fingerprint density at radius 1 is 1.23 bits per heavy atom. The van der Waals surface area contributed by atoms with Crippen LogP contribution in [-0.4, -0.2) is 23.4 Å². The summed E-state index contributed by atoms with van der Waals surface area (Å²) in [5.41, 5.74) is 0.524. The van der Waals surface area contributed by atoms with E-state index in [1.807, 2.05) is 13.8 Å². The number of hydrogen-bond donors (Lipinski definition) is 1. The number of terminal acetylenes is 1. The molecule has 3 rings (SSSR count). The minimum Gasteiger partial charge on any atom is -0.478 e. The smallest absolute Gasteiger partial charge is 0.430 e. The van der Waals surface area contributed by atoms with Crippen molar-refractivity contribution in [2.24, 2.45) is 0 Å². The van der Waals surface area contributed by atoms with Crippen LogP contribution in [0.4, 0.5) is 13.2 Å². The number of benzene rings is 2. The lowest BCUT2D eigenvalue weighted by Gasteiger charge is -2.27. The standard InChI is InChI=1S/C20H12ClF3O4.C2H6/c1-3-11-4-5-15(10(2)6-11)27-17-9-16-12(8-14(17)21)7-13(19(25)26)18(28-16)20(22,23)24;1-2/h1,4-9,18H,2H3,(H,25,26);1-2H3. The number of aliphatic carboxylic acids is 1. The Kier molecular flexibility index (Phi) is 7.06. The average Bonchev–Trinajstić information content (AvgIpc) is 2.69. The molecule has 30 heavy (non-hydrogen) atoms. The topological polar surface area (TPSA) is 55.8 Å². The van der Waals surface area contributed by atoms with Crippen LogP contribution in [0.2, 0.25) is 5.02 Å². The predicted octanol–water partition coefficient (Wildman–Crippen LogP) is 6.24. The van der Waals surface area contributed by atoms with Crippen molar-refractivity contribution in [2.75, 3.05) is 0 Å². The molecule has 158 valence electrons. The summed E-state index contributed by atoms with van der Waals surface area (Å²) in [7, 11) is 0. The molecule has 0 aliphatic carbocycles. The van der Waals surface area contributed by atoms with E-state index in [2.05, 4.69) is 5.92 Å². The van der Waals surface area contributed by atoms with Gasteiger partial charge in [-0.15, -0.1) is 6.42 Å². The summed E-state index contributed by atoms with van der Waals surface area (Å²) in [5.74, 6) is 1.03. The quantitative estimate of drug-likeness (QED) is 0.576. The fourth-order valence-electron chi connectivity index (χ4n) is 2.67. The molecule has 1 atom stereocenters. The van der Waals surface area contributed by atoms with Gasteiger partial charge in [0.05, 0.1) is 10.6 Å². The minimum atomic E-state index is -4.90. The van der Waals surface area contributed by atoms with E-state index in [0.29, 0.717) is 16.9 Å². The Hall–Kier alpha value is -3.11. The highest BCUT2D eigenvalue weighted by Crippen LogP contribution is 2.42. The van der Waals surface area contributed by atoms with Gasteiger partial charge in [0.15, 0.2) is 0 Å². The molecule has 0 spiro atoms. The first kappa shape index (κ1) is 23.2. The van der Waals surface area contributed by atoms with Gasteiger partial charge in [0.25, 0.3) is 0 Å². The summed E-state index contributed by atoms with van der Waals surface area (Å²) in [6, 6.07) is 7.45. The van der Waals surface area contributed by atoms with Crippen molar-refractivity contribution in [2.45, 2.75) is 33.1 Å². The molecule has 0 aromatic heterocycles. The molecule has 1 unspecified atom stereocenters. The van der Waals surface area contributed by atoms with Crippen LogP contribution in [0, 0.1) is 19.3 Å². The van der Waals surface area contributed by atoms with Gasteiger partial charge >= 0.3 is 12.1 Å². The number of fused-ring (bicyclic) bond motifs is 1. The third-order valence-corrected chi connectivity index (χ3v) is 4.30. The summed E-state index contributed by atoms with van der Waals surface area (Å²) in [6.07, 6.45) is -1.27. The minimum absolute atomic E-state index is 0.0603. The molecule has 0 bridgehead atoms. The molecular weight excluding hydrogens is 421 g/mol. The van der Waals surface area contributed by atoms with Gasteiger partial charge in [0.1, 0.15) is 17.2 Å². The third-order valence-electron chi connectivity index (χ3n) is 4.01. The Labute approximate surface area is 176 Å². The van der Waals surface area contributed by atoms with E-state index in [1.54, 1.807) is 25.1 Å². The van der Waals surface area contributed by atoms with Crippen LogP contribution in [0.3, 0.4) is 0 Å². The molecule has 0 fully saturated rings. The van der Waals surface area contributed by atoms with Gasteiger partial charge in [0, 0.05) is 17.2 Å². The van der Waals surface area contributed by atoms with Crippen LogP contribution in [0.5, 0.6) is 17.2 Å². The number of carbonyl (C=O) groups is 1. The maximum absolute atomic E-state index is 13.2. The van der Waals surface area contributed by atoms with E-state index in [1.165, 1.54) is 12.1 Å². The van der Waals surface area contributed by atoms with Crippen LogP contribution in [0.25, 0.3) is 6.08 Å². The molecule has 0 saturated carbocycles. The highest BCUT2D eigenvalue weighted by atomic mass is 35.5. The fourth-order valence-corrected chi connectivity index (χ4v) is 2.88. The summed E-state index contributed by atoms with van der Waals surface area (Å²) in [5, 5.41) is 9.15. The predicted molar refractivity (Wildman–Crippen MR) is 108 cm³/mol. The normalized spacial score (nSPS) is 14.9. The van der Waals surface area contributed by atoms with Gasteiger partial charge in [-0.1, -0.05) is 31.4 Å². The summed E-state index contributed by atoms with van der Waals surface area (Å²) in [4.78, 5) is 11.2.